The molecular weight excluding hydrogens is 335 g/mol. The van der Waals surface area contributed by atoms with Gasteiger partial charge in [-0.1, -0.05) is 62.9 Å². The van der Waals surface area contributed by atoms with Crippen molar-refractivity contribution in [2.75, 3.05) is 0 Å². The summed E-state index contributed by atoms with van der Waals surface area (Å²) in [6.07, 6.45) is 2.69. The lowest BCUT2D eigenvalue weighted by Gasteiger charge is -2.11. The maximum atomic E-state index is 9.46. The summed E-state index contributed by atoms with van der Waals surface area (Å²) < 4.78 is -0.262. The molecule has 0 fully saturated rings. The molecule has 5 heteroatoms. The number of rotatable bonds is 6. The summed E-state index contributed by atoms with van der Waals surface area (Å²) in [5.41, 5.74) is 0. The summed E-state index contributed by atoms with van der Waals surface area (Å²) >= 11 is 12.1. The van der Waals surface area contributed by atoms with Crippen molar-refractivity contribution >= 4 is 43.5 Å². The van der Waals surface area contributed by atoms with Crippen molar-refractivity contribution in [2.24, 2.45) is 0 Å². The van der Waals surface area contributed by atoms with E-state index >= 15 is 0 Å². The molecule has 0 rings (SSSR count). The normalized spacial score (nSPS) is 17.2. The number of halogens is 3. The summed E-state index contributed by atoms with van der Waals surface area (Å²) in [6, 6.07) is 0. The van der Waals surface area contributed by atoms with Gasteiger partial charge >= 0.3 is 0 Å². The van der Waals surface area contributed by atoms with Crippen LogP contribution in [0.5, 0.6) is 0 Å². The molecule has 0 radical (unpaired) electrons. The van der Waals surface area contributed by atoms with Crippen LogP contribution in [-0.2, 0) is 0 Å². The van der Waals surface area contributed by atoms with E-state index in [4.69, 9.17) is 11.6 Å². The predicted octanol–water partition coefficient (Wildman–Crippen LogP) is 3.14. The Hall–Kier alpha value is 0.910. The molecule has 2 N–H and O–H groups in total. The molecule has 2 atom stereocenters. The molecule has 84 valence electrons. The van der Waals surface area contributed by atoms with Gasteiger partial charge in [-0.05, 0) is 12.8 Å². The Bertz CT molecular complexity index is 186. The molecule has 0 amide bonds. The van der Waals surface area contributed by atoms with Crippen LogP contribution in [0.2, 0.25) is 0 Å². The highest BCUT2D eigenvalue weighted by atomic mass is 79.9. The number of hydrogen-bond acceptors (Lipinski definition) is 2. The smallest absolute Gasteiger partial charge is 0.111 e. The van der Waals surface area contributed by atoms with Crippen LogP contribution in [0, 0.1) is 0 Å². The minimum Gasteiger partial charge on any atom is -0.393 e. The van der Waals surface area contributed by atoms with Crippen molar-refractivity contribution in [3.05, 3.63) is 11.1 Å². The van der Waals surface area contributed by atoms with E-state index in [-0.39, 0.29) is 9.84 Å². The van der Waals surface area contributed by atoms with Gasteiger partial charge in [-0.3, -0.25) is 0 Å². The molecule has 0 saturated carbocycles. The first-order valence-corrected chi connectivity index (χ1v) is 6.69. The molecule has 2 nitrogen and oxygen atoms in total. The Kier molecular flexibility index (Phi) is 8.63. The van der Waals surface area contributed by atoms with E-state index in [1.165, 1.54) is 0 Å². The first-order valence-electron chi connectivity index (χ1n) is 4.48. The summed E-state index contributed by atoms with van der Waals surface area (Å²) in [5.74, 6) is 0. The van der Waals surface area contributed by atoms with Crippen molar-refractivity contribution in [3.8, 4) is 0 Å². The Balaban J connectivity index is 3.98. The molecule has 0 aliphatic carbocycles. The van der Waals surface area contributed by atoms with Crippen molar-refractivity contribution in [1.29, 1.82) is 0 Å². The fraction of sp³-hybridized carbons (Fsp3) is 0.778. The van der Waals surface area contributed by atoms with Gasteiger partial charge in [-0.15, -0.1) is 0 Å². The first-order chi connectivity index (χ1) is 6.49. The van der Waals surface area contributed by atoms with Crippen LogP contribution < -0.4 is 0 Å². The molecule has 0 aliphatic rings. The van der Waals surface area contributed by atoms with Gasteiger partial charge in [-0.2, -0.15) is 0 Å². The van der Waals surface area contributed by atoms with Crippen molar-refractivity contribution < 1.29 is 10.2 Å². The number of alkyl halides is 2. The predicted molar refractivity (Wildman–Crippen MR) is 67.1 cm³/mol. The molecule has 0 aromatic carbocycles. The topological polar surface area (TPSA) is 40.5 Å². The summed E-state index contributed by atoms with van der Waals surface area (Å²) in [6.45, 7) is 2.01. The van der Waals surface area contributed by atoms with Crippen LogP contribution in [0.3, 0.4) is 0 Å². The molecule has 0 bridgehead atoms. The lowest BCUT2D eigenvalue weighted by atomic mass is 10.1. The van der Waals surface area contributed by atoms with Crippen LogP contribution in [0.15, 0.2) is 11.1 Å². The second kappa shape index (κ2) is 8.11. The molecule has 0 heterocycles. The van der Waals surface area contributed by atoms with E-state index in [0.717, 1.165) is 12.8 Å². The average molecular weight is 350 g/mol. The van der Waals surface area contributed by atoms with Crippen molar-refractivity contribution in [1.82, 2.24) is 0 Å². The van der Waals surface area contributed by atoms with E-state index in [1.54, 1.807) is 6.08 Å². The summed E-state index contributed by atoms with van der Waals surface area (Å²) in [4.78, 5) is 0. The van der Waals surface area contributed by atoms with Crippen LogP contribution in [-0.4, -0.2) is 26.2 Å². The molecule has 0 aliphatic heterocycles. The highest BCUT2D eigenvalue weighted by molar-refractivity contribution is 9.24. The maximum absolute atomic E-state index is 9.46. The maximum Gasteiger partial charge on any atom is 0.111 e. The van der Waals surface area contributed by atoms with Crippen LogP contribution in [0.1, 0.15) is 26.2 Å². The Morgan fingerprint density at radius 1 is 1.43 bits per heavy atom. The Morgan fingerprint density at radius 3 is 2.43 bits per heavy atom. The Morgan fingerprint density at radius 2 is 2.00 bits per heavy atom. The van der Waals surface area contributed by atoms with Crippen LogP contribution >= 0.6 is 43.5 Å². The van der Waals surface area contributed by atoms with Crippen LogP contribution in [0.25, 0.3) is 0 Å². The highest BCUT2D eigenvalue weighted by Gasteiger charge is 2.15. The van der Waals surface area contributed by atoms with E-state index in [0.29, 0.717) is 11.5 Å². The number of aliphatic hydroxyl groups excluding tert-OH is 2. The third-order valence-corrected chi connectivity index (χ3v) is 3.11. The second-order valence-electron chi connectivity index (χ2n) is 3.05. The quantitative estimate of drug-likeness (QED) is 0.723. The average Bonchev–Trinajstić information content (AvgIpc) is 2.13. The molecule has 0 saturated heterocycles. The molecule has 1 unspecified atom stereocenters. The zero-order valence-electron chi connectivity index (χ0n) is 7.96. The van der Waals surface area contributed by atoms with E-state index in [9.17, 15) is 10.2 Å². The zero-order valence-corrected chi connectivity index (χ0v) is 11.9. The van der Waals surface area contributed by atoms with Gasteiger partial charge in [0.25, 0.3) is 0 Å². The summed E-state index contributed by atoms with van der Waals surface area (Å²) in [7, 11) is 0. The molecule has 0 aromatic heterocycles. The van der Waals surface area contributed by atoms with Gasteiger partial charge in [0.2, 0.25) is 0 Å². The van der Waals surface area contributed by atoms with Gasteiger partial charge in [0.05, 0.1) is 6.10 Å². The van der Waals surface area contributed by atoms with Gasteiger partial charge < -0.3 is 10.2 Å². The zero-order chi connectivity index (χ0) is 11.1. The van der Waals surface area contributed by atoms with Crippen molar-refractivity contribution in [3.63, 3.8) is 0 Å². The molecule has 0 aromatic rings. The molecule has 0 spiro atoms. The van der Waals surface area contributed by atoms with Gasteiger partial charge in [-0.25, -0.2) is 0 Å². The third-order valence-electron chi connectivity index (χ3n) is 1.73. The van der Waals surface area contributed by atoms with Gasteiger partial charge in [0.1, 0.15) is 9.84 Å². The largest absolute Gasteiger partial charge is 0.393 e. The first kappa shape index (κ1) is 14.9. The van der Waals surface area contributed by atoms with E-state index < -0.39 is 6.10 Å². The fourth-order valence-electron chi connectivity index (χ4n) is 0.941. The van der Waals surface area contributed by atoms with Crippen molar-refractivity contribution in [2.45, 2.75) is 42.1 Å². The van der Waals surface area contributed by atoms with Gasteiger partial charge in [0.15, 0.2) is 0 Å². The van der Waals surface area contributed by atoms with E-state index in [1.807, 2.05) is 6.92 Å². The Labute approximate surface area is 107 Å². The lowest BCUT2D eigenvalue weighted by molar-refractivity contribution is 0.166. The summed E-state index contributed by atoms with van der Waals surface area (Å²) in [5, 5.41) is 19.2. The second-order valence-corrected chi connectivity index (χ2v) is 6.68. The standard InChI is InChI=1S/C9H15Br2ClO2/c1-2-3-6(13)4-5-7(12)8(14)9(10)11/h5-6,8-9,13-14H,2-4H2,1H3/b7-5-/t6-,8?/m1/s1. The number of hydrogen-bond donors (Lipinski definition) is 2. The monoisotopic (exact) mass is 348 g/mol. The minimum absolute atomic E-state index is 0.262. The molecular formula is C9H15Br2ClO2. The third kappa shape index (κ3) is 6.40. The number of aliphatic hydroxyl groups is 2. The van der Waals surface area contributed by atoms with E-state index in [2.05, 4.69) is 31.9 Å². The van der Waals surface area contributed by atoms with Crippen LogP contribution in [0.4, 0.5) is 0 Å². The minimum atomic E-state index is -0.773. The highest BCUT2D eigenvalue weighted by Crippen LogP contribution is 2.22. The van der Waals surface area contributed by atoms with Gasteiger partial charge in [0, 0.05) is 5.03 Å². The lowest BCUT2D eigenvalue weighted by Crippen LogP contribution is -2.15. The fourth-order valence-corrected chi connectivity index (χ4v) is 2.03. The molecule has 14 heavy (non-hydrogen) atoms. The SMILES string of the molecule is CCC[C@@H](O)C/C=C(\Cl)C(O)C(Br)Br.